The van der Waals surface area contributed by atoms with E-state index in [1.54, 1.807) is 0 Å². The van der Waals surface area contributed by atoms with E-state index in [0.29, 0.717) is 12.3 Å². The number of nitrogens with zero attached hydrogens (tertiary/aromatic N) is 1. The molecule has 110 valence electrons. The minimum absolute atomic E-state index is 0.106. The van der Waals surface area contributed by atoms with Gasteiger partial charge in [0, 0.05) is 18.9 Å². The molecule has 0 spiro atoms. The van der Waals surface area contributed by atoms with Crippen molar-refractivity contribution >= 4 is 5.97 Å². The highest BCUT2D eigenvalue weighted by atomic mass is 16.6. The molecule has 3 heteroatoms. The minimum Gasteiger partial charge on any atom is -0.454 e. The van der Waals surface area contributed by atoms with Crippen LogP contribution in [0, 0.1) is 5.92 Å². The van der Waals surface area contributed by atoms with Gasteiger partial charge in [-0.1, -0.05) is 44.2 Å². The van der Waals surface area contributed by atoms with Crippen molar-refractivity contribution in [1.82, 2.24) is 4.90 Å². The van der Waals surface area contributed by atoms with E-state index >= 15 is 0 Å². The second-order valence-corrected chi connectivity index (χ2v) is 5.68. The van der Waals surface area contributed by atoms with Gasteiger partial charge in [-0.15, -0.1) is 0 Å². The van der Waals surface area contributed by atoms with Crippen LogP contribution in [-0.2, 0) is 15.1 Å². The highest BCUT2D eigenvalue weighted by Gasteiger charge is 2.44. The van der Waals surface area contributed by atoms with Gasteiger partial charge in [0.15, 0.2) is 0 Å². The van der Waals surface area contributed by atoms with Gasteiger partial charge in [-0.05, 0) is 32.0 Å². The van der Waals surface area contributed by atoms with Crippen molar-refractivity contribution < 1.29 is 9.53 Å². The van der Waals surface area contributed by atoms with Gasteiger partial charge >= 0.3 is 5.97 Å². The molecule has 1 aliphatic rings. The average molecular weight is 275 g/mol. The Balaban J connectivity index is 2.37. The molecule has 3 nitrogen and oxygen atoms in total. The van der Waals surface area contributed by atoms with Crippen molar-refractivity contribution in [2.75, 3.05) is 20.1 Å². The first-order valence-electron chi connectivity index (χ1n) is 7.58. The van der Waals surface area contributed by atoms with Crippen LogP contribution in [0.2, 0.25) is 0 Å². The molecule has 0 amide bonds. The summed E-state index contributed by atoms with van der Waals surface area (Å²) in [6, 6.07) is 10.2. The molecule has 0 bridgehead atoms. The molecule has 2 atom stereocenters. The number of rotatable bonds is 5. The molecular weight excluding hydrogens is 250 g/mol. The zero-order chi connectivity index (χ0) is 14.6. The number of likely N-dealkylation sites (tertiary alicyclic amines) is 1. The van der Waals surface area contributed by atoms with Gasteiger partial charge in [0.05, 0.1) is 0 Å². The average Bonchev–Trinajstić information content (AvgIpc) is 2.92. The lowest BCUT2D eigenvalue weighted by molar-refractivity contribution is -0.168. The molecule has 2 rings (SSSR count). The standard InChI is InChI=1S/C17H25NO2/c1-4-16(19)20-17(5-2,14-9-7-6-8-10-14)15-11-12-18(3)13-15/h6-10,15H,4-5,11-13H2,1-3H3/t15-,17+/m0/s1. The van der Waals surface area contributed by atoms with Crippen molar-refractivity contribution in [2.45, 2.75) is 38.7 Å². The third kappa shape index (κ3) is 2.88. The molecule has 0 aliphatic carbocycles. The molecular formula is C17H25NO2. The maximum Gasteiger partial charge on any atom is 0.306 e. The van der Waals surface area contributed by atoms with Crippen molar-refractivity contribution in [1.29, 1.82) is 0 Å². The Morgan fingerprint density at radius 1 is 1.35 bits per heavy atom. The third-order valence-corrected chi connectivity index (χ3v) is 4.42. The number of hydrogen-bond acceptors (Lipinski definition) is 3. The van der Waals surface area contributed by atoms with Crippen molar-refractivity contribution in [2.24, 2.45) is 5.92 Å². The Morgan fingerprint density at radius 2 is 2.05 bits per heavy atom. The zero-order valence-electron chi connectivity index (χ0n) is 12.8. The SMILES string of the molecule is CCC(=O)O[C@](CC)(c1ccccc1)[C@H]1CCN(C)C1. The predicted octanol–water partition coefficient (Wildman–Crippen LogP) is 3.20. The summed E-state index contributed by atoms with van der Waals surface area (Å²) < 4.78 is 5.99. The summed E-state index contributed by atoms with van der Waals surface area (Å²) in [5.41, 5.74) is 0.656. The Kier molecular flexibility index (Phi) is 4.81. The fraction of sp³-hybridized carbons (Fsp3) is 0.588. The van der Waals surface area contributed by atoms with Crippen molar-refractivity contribution in [3.63, 3.8) is 0 Å². The molecule has 1 aromatic rings. The van der Waals surface area contributed by atoms with Gasteiger partial charge in [-0.25, -0.2) is 0 Å². The first kappa shape index (κ1) is 15.0. The maximum absolute atomic E-state index is 12.0. The molecule has 20 heavy (non-hydrogen) atoms. The molecule has 1 saturated heterocycles. The largest absolute Gasteiger partial charge is 0.454 e. The lowest BCUT2D eigenvalue weighted by atomic mass is 9.78. The van der Waals surface area contributed by atoms with E-state index in [4.69, 9.17) is 4.74 Å². The number of esters is 1. The predicted molar refractivity (Wildman–Crippen MR) is 80.4 cm³/mol. The molecule has 0 N–H and O–H groups in total. The molecule has 0 saturated carbocycles. The molecule has 0 aromatic heterocycles. The number of ether oxygens (including phenoxy) is 1. The van der Waals surface area contributed by atoms with Crippen LogP contribution in [0.1, 0.15) is 38.7 Å². The van der Waals surface area contributed by atoms with Crippen molar-refractivity contribution in [3.8, 4) is 0 Å². The Labute approximate surface area is 121 Å². The maximum atomic E-state index is 12.0. The van der Waals surface area contributed by atoms with Crippen LogP contribution in [-0.4, -0.2) is 31.0 Å². The van der Waals surface area contributed by atoms with Crippen LogP contribution < -0.4 is 0 Å². The van der Waals surface area contributed by atoms with Crippen LogP contribution in [0.5, 0.6) is 0 Å². The van der Waals surface area contributed by atoms with Gasteiger partial charge in [-0.3, -0.25) is 4.79 Å². The molecule has 1 fully saturated rings. The first-order valence-corrected chi connectivity index (χ1v) is 7.58. The topological polar surface area (TPSA) is 29.5 Å². The van der Waals surface area contributed by atoms with Crippen LogP contribution in [0.25, 0.3) is 0 Å². The molecule has 1 aromatic carbocycles. The van der Waals surface area contributed by atoms with E-state index in [1.165, 1.54) is 0 Å². The number of benzene rings is 1. The van der Waals surface area contributed by atoms with Gasteiger partial charge in [0.1, 0.15) is 5.60 Å². The van der Waals surface area contributed by atoms with E-state index in [-0.39, 0.29) is 5.97 Å². The lowest BCUT2D eigenvalue weighted by Crippen LogP contribution is -2.40. The van der Waals surface area contributed by atoms with Gasteiger partial charge in [-0.2, -0.15) is 0 Å². The summed E-state index contributed by atoms with van der Waals surface area (Å²) in [6.07, 6.45) is 2.33. The summed E-state index contributed by atoms with van der Waals surface area (Å²) in [4.78, 5) is 14.3. The van der Waals surface area contributed by atoms with E-state index in [0.717, 1.165) is 31.5 Å². The van der Waals surface area contributed by atoms with Gasteiger partial charge in [0.2, 0.25) is 0 Å². The summed E-state index contributed by atoms with van der Waals surface area (Å²) in [7, 11) is 2.13. The Bertz CT molecular complexity index is 446. The first-order chi connectivity index (χ1) is 9.62. The van der Waals surface area contributed by atoms with Crippen LogP contribution in [0.4, 0.5) is 0 Å². The summed E-state index contributed by atoms with van der Waals surface area (Å²) in [5.74, 6) is 0.264. The third-order valence-electron chi connectivity index (χ3n) is 4.42. The Hall–Kier alpha value is -1.35. The second kappa shape index (κ2) is 6.40. The van der Waals surface area contributed by atoms with Crippen molar-refractivity contribution in [3.05, 3.63) is 35.9 Å². The summed E-state index contributed by atoms with van der Waals surface area (Å²) >= 11 is 0. The monoisotopic (exact) mass is 275 g/mol. The molecule has 1 heterocycles. The quantitative estimate of drug-likeness (QED) is 0.773. The minimum atomic E-state index is -0.473. The van der Waals surface area contributed by atoms with E-state index in [9.17, 15) is 4.79 Å². The molecule has 0 unspecified atom stereocenters. The van der Waals surface area contributed by atoms with Gasteiger partial charge in [0.25, 0.3) is 0 Å². The van der Waals surface area contributed by atoms with Crippen LogP contribution in [0.15, 0.2) is 30.3 Å². The van der Waals surface area contributed by atoms with E-state index < -0.39 is 5.60 Å². The number of carbonyl (C=O) groups excluding carboxylic acids is 1. The molecule has 1 aliphatic heterocycles. The molecule has 0 radical (unpaired) electrons. The fourth-order valence-electron chi connectivity index (χ4n) is 3.25. The number of hydrogen-bond donors (Lipinski definition) is 0. The fourth-order valence-corrected chi connectivity index (χ4v) is 3.25. The summed E-state index contributed by atoms with van der Waals surface area (Å²) in [5, 5.41) is 0. The second-order valence-electron chi connectivity index (χ2n) is 5.68. The van der Waals surface area contributed by atoms with Crippen LogP contribution in [0.3, 0.4) is 0 Å². The smallest absolute Gasteiger partial charge is 0.306 e. The number of carbonyl (C=O) groups is 1. The van der Waals surface area contributed by atoms with Gasteiger partial charge < -0.3 is 9.64 Å². The normalized spacial score (nSPS) is 22.4. The zero-order valence-corrected chi connectivity index (χ0v) is 12.8. The Morgan fingerprint density at radius 3 is 2.55 bits per heavy atom. The highest BCUT2D eigenvalue weighted by Crippen LogP contribution is 2.42. The lowest BCUT2D eigenvalue weighted by Gasteiger charge is -2.38. The summed E-state index contributed by atoms with van der Waals surface area (Å²) in [6.45, 7) is 6.03. The van der Waals surface area contributed by atoms with Crippen LogP contribution >= 0.6 is 0 Å². The van der Waals surface area contributed by atoms with E-state index in [1.807, 2.05) is 25.1 Å². The highest BCUT2D eigenvalue weighted by molar-refractivity contribution is 5.69. The van der Waals surface area contributed by atoms with E-state index in [2.05, 4.69) is 31.0 Å².